The van der Waals surface area contributed by atoms with Gasteiger partial charge in [-0.3, -0.25) is 0 Å². The van der Waals surface area contributed by atoms with Crippen molar-refractivity contribution in [3.05, 3.63) is 35.9 Å². The molecule has 0 saturated heterocycles. The number of hydrogen-bond acceptors (Lipinski definition) is 4. The molecule has 1 atom stereocenters. The van der Waals surface area contributed by atoms with Crippen LogP contribution in [0.5, 0.6) is 0 Å². The van der Waals surface area contributed by atoms with Gasteiger partial charge in [-0.05, 0) is 12.1 Å². The molecular formula is C10H11ClN2O3S2. The van der Waals surface area contributed by atoms with E-state index in [1.165, 1.54) is 16.3 Å². The molecule has 5 nitrogen and oxygen atoms in total. The first-order valence-corrected chi connectivity index (χ1v) is 8.46. The minimum absolute atomic E-state index is 0.489. The van der Waals surface area contributed by atoms with Crippen molar-refractivity contribution in [2.24, 2.45) is 0 Å². The van der Waals surface area contributed by atoms with Gasteiger partial charge in [0.15, 0.2) is 12.9 Å². The molecule has 18 heavy (non-hydrogen) atoms. The van der Waals surface area contributed by atoms with Gasteiger partial charge in [-0.2, -0.15) is 13.1 Å². The van der Waals surface area contributed by atoms with Gasteiger partial charge in [0.1, 0.15) is 0 Å². The molecule has 1 aliphatic rings. The van der Waals surface area contributed by atoms with Gasteiger partial charge in [0, 0.05) is 10.7 Å². The molecule has 1 unspecified atom stereocenters. The summed E-state index contributed by atoms with van der Waals surface area (Å²) in [4.78, 5) is 0. The highest BCUT2D eigenvalue weighted by molar-refractivity contribution is 8.14. The monoisotopic (exact) mass is 306 g/mol. The van der Waals surface area contributed by atoms with Crippen molar-refractivity contribution >= 4 is 36.7 Å². The van der Waals surface area contributed by atoms with E-state index in [0.717, 1.165) is 16.4 Å². The topological polar surface area (TPSA) is 72.2 Å². The van der Waals surface area contributed by atoms with E-state index in [0.29, 0.717) is 6.54 Å². The Bertz CT molecular complexity index is 560. The first-order chi connectivity index (χ1) is 8.47. The van der Waals surface area contributed by atoms with Gasteiger partial charge in [0.25, 0.3) is 0 Å². The van der Waals surface area contributed by atoms with Crippen LogP contribution < -0.4 is 9.83 Å². The highest BCUT2D eigenvalue weighted by Gasteiger charge is 2.27. The third kappa shape index (κ3) is 3.46. The molecule has 0 saturated carbocycles. The number of halogens is 1. The van der Waals surface area contributed by atoms with Crippen LogP contribution >= 0.6 is 22.4 Å². The Labute approximate surface area is 114 Å². The van der Waals surface area contributed by atoms with Crippen LogP contribution in [0.25, 0.3) is 0 Å². The molecule has 1 aliphatic heterocycles. The molecule has 1 aromatic carbocycles. The lowest BCUT2D eigenvalue weighted by Crippen LogP contribution is -2.51. The van der Waals surface area contributed by atoms with Crippen molar-refractivity contribution in [2.45, 2.75) is 6.35 Å². The molecule has 1 heterocycles. The van der Waals surface area contributed by atoms with Crippen LogP contribution in [0.1, 0.15) is 5.56 Å². The van der Waals surface area contributed by atoms with Crippen molar-refractivity contribution in [1.29, 1.82) is 0 Å². The molecule has 0 spiro atoms. The molecule has 0 bridgehead atoms. The third-order valence-electron chi connectivity index (χ3n) is 2.38. The maximum absolute atomic E-state index is 11.8. The van der Waals surface area contributed by atoms with Crippen LogP contribution in [0.15, 0.2) is 30.3 Å². The minimum atomic E-state index is -4.02. The fourth-order valence-corrected chi connectivity index (χ4v) is 3.40. The van der Waals surface area contributed by atoms with E-state index < -0.39 is 15.6 Å². The molecular weight excluding hydrogens is 296 g/mol. The predicted molar refractivity (Wildman–Crippen MR) is 69.8 cm³/mol. The molecule has 0 aromatic heterocycles. The van der Waals surface area contributed by atoms with Crippen LogP contribution in [-0.4, -0.2) is 36.7 Å². The fourth-order valence-electron chi connectivity index (χ4n) is 1.66. The zero-order valence-electron chi connectivity index (χ0n) is 9.24. The Kier molecular flexibility index (Phi) is 4.29. The summed E-state index contributed by atoms with van der Waals surface area (Å²) in [5.74, 6) is 0.743. The number of hydrogen-bond donors (Lipinski definition) is 1. The lowest BCUT2D eigenvalue weighted by atomic mass is 10.2. The van der Waals surface area contributed by atoms with E-state index in [9.17, 15) is 13.5 Å². The van der Waals surface area contributed by atoms with E-state index in [1.54, 1.807) is 0 Å². The highest BCUT2D eigenvalue weighted by Crippen LogP contribution is 2.19. The maximum Gasteiger partial charge on any atom is 0.301 e. The predicted octanol–water partition coefficient (Wildman–Crippen LogP) is -0.0904. The van der Waals surface area contributed by atoms with Gasteiger partial charge in [0.2, 0.25) is 5.04 Å². The summed E-state index contributed by atoms with van der Waals surface area (Å²) in [6, 6.07) is 9.37. The van der Waals surface area contributed by atoms with Gasteiger partial charge in [-0.1, -0.05) is 30.0 Å². The zero-order valence-corrected chi connectivity index (χ0v) is 11.6. The van der Waals surface area contributed by atoms with E-state index >= 15 is 0 Å². The number of nitrogens with one attached hydrogen (secondary N) is 1. The van der Waals surface area contributed by atoms with E-state index in [-0.39, 0.29) is 0 Å². The van der Waals surface area contributed by atoms with Gasteiger partial charge in [0.05, 0.1) is 11.3 Å². The van der Waals surface area contributed by atoms with E-state index in [4.69, 9.17) is 10.7 Å². The average molecular weight is 307 g/mol. The van der Waals surface area contributed by atoms with Gasteiger partial charge in [-0.25, -0.2) is 4.58 Å². The van der Waals surface area contributed by atoms with Crippen molar-refractivity contribution in [3.63, 3.8) is 0 Å². The lowest BCUT2D eigenvalue weighted by Gasteiger charge is -2.18. The molecule has 0 amide bonds. The van der Waals surface area contributed by atoms with Crippen molar-refractivity contribution in [1.82, 2.24) is 4.72 Å². The lowest BCUT2D eigenvalue weighted by molar-refractivity contribution is -0.725. The van der Waals surface area contributed by atoms with Gasteiger partial charge < -0.3 is 5.11 Å². The average Bonchev–Trinajstić information content (AvgIpc) is 2.76. The minimum Gasteiger partial charge on any atom is -0.784 e. The second-order valence-corrected chi connectivity index (χ2v) is 7.03. The Hall–Kier alpha value is -0.600. The van der Waals surface area contributed by atoms with Crippen LogP contribution in [0.2, 0.25) is 0 Å². The summed E-state index contributed by atoms with van der Waals surface area (Å²) in [5, 5.41) is 12.6. The SMILES string of the molecule is O=S(=O)(Cl)NC([O-])[N+]1=C(c2ccccc2)SCC1. The number of nitrogens with zero attached hydrogens (tertiary/aromatic N) is 1. The third-order valence-corrected chi connectivity index (χ3v) is 4.26. The normalized spacial score (nSPS) is 18.1. The molecule has 0 aliphatic carbocycles. The van der Waals surface area contributed by atoms with E-state index in [1.807, 2.05) is 35.1 Å². The standard InChI is InChI=1S/C10H11ClN2O3S2/c11-18(15,16)12-10(14)13-6-7-17-9(13)8-4-2-1-3-5-8/h1-5,10,12H,6-7H2. The Morgan fingerprint density at radius 2 is 2.06 bits per heavy atom. The Morgan fingerprint density at radius 3 is 2.67 bits per heavy atom. The van der Waals surface area contributed by atoms with E-state index in [2.05, 4.69) is 0 Å². The summed E-state index contributed by atoms with van der Waals surface area (Å²) in [5.41, 5.74) is 0.898. The molecule has 0 radical (unpaired) electrons. The number of rotatable bonds is 4. The van der Waals surface area contributed by atoms with Crippen LogP contribution in [0.4, 0.5) is 0 Å². The smallest absolute Gasteiger partial charge is 0.301 e. The quantitative estimate of drug-likeness (QED) is 0.479. The first-order valence-electron chi connectivity index (χ1n) is 5.17. The molecule has 0 fully saturated rings. The largest absolute Gasteiger partial charge is 0.784 e. The summed E-state index contributed by atoms with van der Waals surface area (Å²) in [7, 11) is 0.998. The maximum atomic E-state index is 11.8. The second kappa shape index (κ2) is 5.58. The highest BCUT2D eigenvalue weighted by atomic mass is 35.7. The Balaban J connectivity index is 2.30. The Morgan fingerprint density at radius 1 is 1.39 bits per heavy atom. The zero-order chi connectivity index (χ0) is 13.2. The molecule has 1 aromatic rings. The van der Waals surface area contributed by atoms with Crippen molar-refractivity contribution in [3.8, 4) is 0 Å². The van der Waals surface area contributed by atoms with Gasteiger partial charge in [-0.15, -0.1) is 0 Å². The fraction of sp³-hybridized carbons (Fsp3) is 0.300. The summed E-state index contributed by atoms with van der Waals surface area (Å²) in [6.45, 7) is 0.489. The summed E-state index contributed by atoms with van der Waals surface area (Å²) < 4.78 is 25.0. The number of benzene rings is 1. The molecule has 1 N–H and O–H groups in total. The molecule has 98 valence electrons. The second-order valence-electron chi connectivity index (χ2n) is 3.62. The van der Waals surface area contributed by atoms with Gasteiger partial charge >= 0.3 is 9.24 Å². The van der Waals surface area contributed by atoms with Crippen LogP contribution in [-0.2, 0) is 9.24 Å². The molecule has 2 rings (SSSR count). The number of thioether (sulfide) groups is 1. The first kappa shape index (κ1) is 13.8. The summed E-state index contributed by atoms with van der Waals surface area (Å²) >= 11 is 1.52. The van der Waals surface area contributed by atoms with Crippen molar-refractivity contribution < 1.29 is 18.1 Å². The molecule has 8 heteroatoms. The van der Waals surface area contributed by atoms with Crippen LogP contribution in [0.3, 0.4) is 0 Å². The van der Waals surface area contributed by atoms with Crippen molar-refractivity contribution in [2.75, 3.05) is 12.3 Å². The van der Waals surface area contributed by atoms with Crippen LogP contribution in [0, 0.1) is 0 Å². The summed E-state index contributed by atoms with van der Waals surface area (Å²) in [6.07, 6.45) is -1.60.